The SMILES string of the molecule is CN1CCC(N(C)CC2CCN(c3ncnc4sc(C(=O)N(C)C)c(-c5ccccc5)c34)CC2)C1. The molecule has 1 unspecified atom stereocenters. The smallest absolute Gasteiger partial charge is 0.264 e. The predicted octanol–water partition coefficient (Wildman–Crippen LogP) is 3.91. The number of hydrogen-bond acceptors (Lipinski definition) is 7. The van der Waals surface area contributed by atoms with Gasteiger partial charge in [-0.25, -0.2) is 9.97 Å². The lowest BCUT2D eigenvalue weighted by molar-refractivity contribution is 0.0833. The number of amides is 1. The molecule has 8 heteroatoms. The van der Waals surface area contributed by atoms with Crippen LogP contribution in [0.1, 0.15) is 28.9 Å². The van der Waals surface area contributed by atoms with E-state index in [1.165, 1.54) is 37.4 Å². The highest BCUT2D eigenvalue weighted by Gasteiger charge is 2.30. The molecule has 5 rings (SSSR count). The van der Waals surface area contributed by atoms with E-state index >= 15 is 0 Å². The number of fused-ring (bicyclic) bond motifs is 1. The van der Waals surface area contributed by atoms with Gasteiger partial charge in [0.05, 0.1) is 5.39 Å². The van der Waals surface area contributed by atoms with Crippen molar-refractivity contribution in [3.8, 4) is 11.1 Å². The number of nitrogens with zero attached hydrogens (tertiary/aromatic N) is 6. The first kappa shape index (κ1) is 24.2. The molecule has 0 spiro atoms. The fourth-order valence-corrected chi connectivity index (χ4v) is 6.73. The van der Waals surface area contributed by atoms with E-state index in [1.54, 1.807) is 25.3 Å². The van der Waals surface area contributed by atoms with Crippen LogP contribution in [0.15, 0.2) is 36.7 Å². The Hall–Kier alpha value is -2.55. The molecule has 2 aliphatic heterocycles. The van der Waals surface area contributed by atoms with E-state index in [2.05, 4.69) is 45.9 Å². The lowest BCUT2D eigenvalue weighted by Crippen LogP contribution is -2.42. The maximum atomic E-state index is 13.1. The topological polar surface area (TPSA) is 55.8 Å². The van der Waals surface area contributed by atoms with Crippen molar-refractivity contribution in [3.63, 3.8) is 0 Å². The van der Waals surface area contributed by atoms with Crippen LogP contribution in [-0.4, -0.2) is 97.5 Å². The molecule has 4 heterocycles. The number of likely N-dealkylation sites (N-methyl/N-ethyl adjacent to an activating group) is 2. The average Bonchev–Trinajstić information content (AvgIpc) is 3.48. The predicted molar refractivity (Wildman–Crippen MR) is 144 cm³/mol. The molecule has 2 aromatic heterocycles. The molecule has 0 radical (unpaired) electrons. The van der Waals surface area contributed by atoms with Crippen molar-refractivity contribution in [2.24, 2.45) is 5.92 Å². The van der Waals surface area contributed by atoms with Gasteiger partial charge in [0, 0.05) is 51.9 Å². The Balaban J connectivity index is 1.41. The number of carbonyl (C=O) groups excluding carboxylic acids is 1. The number of rotatable bonds is 6. The second kappa shape index (κ2) is 10.2. The quantitative estimate of drug-likeness (QED) is 0.520. The third-order valence-electron chi connectivity index (χ3n) is 7.58. The number of thiophene rings is 1. The molecule has 1 atom stereocenters. The Morgan fingerprint density at radius 2 is 1.80 bits per heavy atom. The second-order valence-corrected chi connectivity index (χ2v) is 11.3. The van der Waals surface area contributed by atoms with E-state index < -0.39 is 0 Å². The van der Waals surface area contributed by atoms with Crippen LogP contribution in [0.3, 0.4) is 0 Å². The van der Waals surface area contributed by atoms with Gasteiger partial charge in [0.1, 0.15) is 21.9 Å². The van der Waals surface area contributed by atoms with E-state index in [0.29, 0.717) is 12.0 Å². The number of carbonyl (C=O) groups is 1. The summed E-state index contributed by atoms with van der Waals surface area (Å²) in [5, 5.41) is 1.01. The minimum Gasteiger partial charge on any atom is -0.356 e. The van der Waals surface area contributed by atoms with E-state index in [9.17, 15) is 4.79 Å². The molecular formula is C27H36N6OS. The number of piperidine rings is 1. The van der Waals surface area contributed by atoms with Gasteiger partial charge in [-0.3, -0.25) is 4.79 Å². The summed E-state index contributed by atoms with van der Waals surface area (Å²) >= 11 is 1.48. The van der Waals surface area contributed by atoms with Crippen molar-refractivity contribution < 1.29 is 4.79 Å². The van der Waals surface area contributed by atoms with Crippen molar-refractivity contribution >= 4 is 33.3 Å². The van der Waals surface area contributed by atoms with Crippen LogP contribution in [0.5, 0.6) is 0 Å². The summed E-state index contributed by atoms with van der Waals surface area (Å²) in [4.78, 5) is 33.2. The Labute approximate surface area is 212 Å². The van der Waals surface area contributed by atoms with Crippen LogP contribution < -0.4 is 4.90 Å². The zero-order valence-electron chi connectivity index (χ0n) is 21.3. The lowest BCUT2D eigenvalue weighted by Gasteiger charge is -2.36. The molecule has 3 aromatic rings. The molecular weight excluding hydrogens is 456 g/mol. The van der Waals surface area contributed by atoms with Gasteiger partial charge in [0.15, 0.2) is 0 Å². The maximum Gasteiger partial charge on any atom is 0.264 e. The van der Waals surface area contributed by atoms with E-state index in [1.807, 2.05) is 18.2 Å². The third kappa shape index (κ3) is 4.92. The van der Waals surface area contributed by atoms with Gasteiger partial charge in [-0.2, -0.15) is 0 Å². The van der Waals surface area contributed by atoms with Gasteiger partial charge in [-0.15, -0.1) is 11.3 Å². The van der Waals surface area contributed by atoms with Gasteiger partial charge in [-0.05, 0) is 51.4 Å². The van der Waals surface area contributed by atoms with Crippen LogP contribution in [-0.2, 0) is 0 Å². The minimum absolute atomic E-state index is 0.0112. The summed E-state index contributed by atoms with van der Waals surface area (Å²) in [6.45, 7) is 5.52. The summed E-state index contributed by atoms with van der Waals surface area (Å²) in [6.07, 6.45) is 5.25. The van der Waals surface area contributed by atoms with Crippen molar-refractivity contribution in [1.29, 1.82) is 0 Å². The van der Waals surface area contributed by atoms with Crippen molar-refractivity contribution in [3.05, 3.63) is 41.5 Å². The van der Waals surface area contributed by atoms with Gasteiger partial charge < -0.3 is 19.6 Å². The summed E-state index contributed by atoms with van der Waals surface area (Å²) in [7, 11) is 8.13. The monoisotopic (exact) mass is 492 g/mol. The molecule has 35 heavy (non-hydrogen) atoms. The van der Waals surface area contributed by atoms with Crippen molar-refractivity contribution in [1.82, 2.24) is 24.7 Å². The van der Waals surface area contributed by atoms with Crippen molar-refractivity contribution in [2.75, 3.05) is 65.8 Å². The van der Waals surface area contributed by atoms with Crippen LogP contribution in [0, 0.1) is 5.92 Å². The van der Waals surface area contributed by atoms with Crippen LogP contribution in [0.25, 0.3) is 21.3 Å². The molecule has 0 N–H and O–H groups in total. The summed E-state index contributed by atoms with van der Waals surface area (Å²) in [5.41, 5.74) is 2.00. The lowest BCUT2D eigenvalue weighted by atomic mass is 9.95. The zero-order valence-corrected chi connectivity index (χ0v) is 22.1. The number of hydrogen-bond donors (Lipinski definition) is 0. The number of benzene rings is 1. The number of likely N-dealkylation sites (tertiary alicyclic amines) is 1. The molecule has 2 aliphatic rings. The van der Waals surface area contributed by atoms with Gasteiger partial charge in [0.25, 0.3) is 5.91 Å². The first-order valence-corrected chi connectivity index (χ1v) is 13.4. The molecule has 186 valence electrons. The second-order valence-electron chi connectivity index (χ2n) is 10.3. The van der Waals surface area contributed by atoms with Gasteiger partial charge in [0.2, 0.25) is 0 Å². The Bertz CT molecular complexity index is 1170. The Morgan fingerprint density at radius 1 is 1.06 bits per heavy atom. The first-order valence-electron chi connectivity index (χ1n) is 12.6. The molecule has 2 fully saturated rings. The van der Waals surface area contributed by atoms with Crippen molar-refractivity contribution in [2.45, 2.75) is 25.3 Å². The highest BCUT2D eigenvalue weighted by atomic mass is 32.1. The Kier molecular flexibility index (Phi) is 7.05. The van der Waals surface area contributed by atoms with Gasteiger partial charge in [-0.1, -0.05) is 30.3 Å². The van der Waals surface area contributed by atoms with Crippen LogP contribution in [0.2, 0.25) is 0 Å². The van der Waals surface area contributed by atoms with Crippen LogP contribution >= 0.6 is 11.3 Å². The molecule has 0 aliphatic carbocycles. The number of anilines is 1. The summed E-state index contributed by atoms with van der Waals surface area (Å²) < 4.78 is 0. The maximum absolute atomic E-state index is 13.1. The summed E-state index contributed by atoms with van der Waals surface area (Å²) in [5.74, 6) is 1.69. The first-order chi connectivity index (χ1) is 16.9. The Morgan fingerprint density at radius 3 is 2.46 bits per heavy atom. The normalized spacial score (nSPS) is 19.7. The fourth-order valence-electron chi connectivity index (χ4n) is 5.55. The fraction of sp³-hybridized carbons (Fsp3) is 0.519. The van der Waals surface area contributed by atoms with E-state index in [-0.39, 0.29) is 5.91 Å². The standard InChI is InChI=1S/C27H36N6OS/c1-30(2)27(34)24-22(20-8-6-5-7-9-20)23-25(28-18-29-26(23)35-24)33-14-10-19(11-15-33)16-32(4)21-12-13-31(3)17-21/h5-9,18-19,21H,10-17H2,1-4H3. The molecule has 1 aromatic carbocycles. The van der Waals surface area contributed by atoms with E-state index in [0.717, 1.165) is 58.0 Å². The molecule has 1 amide bonds. The highest BCUT2D eigenvalue weighted by molar-refractivity contribution is 7.21. The molecule has 2 saturated heterocycles. The number of aromatic nitrogens is 2. The molecule has 7 nitrogen and oxygen atoms in total. The van der Waals surface area contributed by atoms with Gasteiger partial charge >= 0.3 is 0 Å². The third-order valence-corrected chi connectivity index (χ3v) is 8.67. The molecule has 0 bridgehead atoms. The average molecular weight is 493 g/mol. The summed E-state index contributed by atoms with van der Waals surface area (Å²) in [6, 6.07) is 10.9. The largest absolute Gasteiger partial charge is 0.356 e. The zero-order chi connectivity index (χ0) is 24.5. The highest BCUT2D eigenvalue weighted by Crippen LogP contribution is 2.43. The minimum atomic E-state index is 0.0112. The van der Waals surface area contributed by atoms with Crippen LogP contribution in [0.4, 0.5) is 5.82 Å². The molecule has 0 saturated carbocycles. The van der Waals surface area contributed by atoms with E-state index in [4.69, 9.17) is 4.98 Å².